The van der Waals surface area contributed by atoms with Crippen LogP contribution < -0.4 is 0 Å². The number of benzene rings is 2. The van der Waals surface area contributed by atoms with Gasteiger partial charge in [-0.2, -0.15) is 0 Å². The van der Waals surface area contributed by atoms with E-state index in [9.17, 15) is 4.79 Å². The zero-order valence-electron chi connectivity index (χ0n) is 14.7. The van der Waals surface area contributed by atoms with Gasteiger partial charge in [-0.15, -0.1) is 0 Å². The number of hydrogen-bond donors (Lipinski definition) is 0. The molecule has 1 aliphatic rings. The van der Waals surface area contributed by atoms with Gasteiger partial charge in [-0.05, 0) is 49.4 Å². The van der Waals surface area contributed by atoms with Crippen molar-refractivity contribution in [3.05, 3.63) is 71.5 Å². The molecule has 25 heavy (non-hydrogen) atoms. The number of hydrogen-bond acceptors (Lipinski definition) is 2. The van der Waals surface area contributed by atoms with Gasteiger partial charge in [-0.25, -0.2) is 0 Å². The highest BCUT2D eigenvalue weighted by Gasteiger charge is 2.31. The van der Waals surface area contributed by atoms with Crippen LogP contribution in [0.15, 0.2) is 59.0 Å². The lowest BCUT2D eigenvalue weighted by Crippen LogP contribution is -2.35. The average Bonchev–Trinajstić information content (AvgIpc) is 3.10. The quantitative estimate of drug-likeness (QED) is 0.670. The Balaban J connectivity index is 1.60. The van der Waals surface area contributed by atoms with E-state index in [2.05, 4.69) is 18.2 Å². The number of carbonyl (C=O) groups excluding carboxylic acids is 1. The van der Waals surface area contributed by atoms with Crippen molar-refractivity contribution in [2.75, 3.05) is 7.05 Å². The maximum Gasteiger partial charge on any atom is 0.230 e. The van der Waals surface area contributed by atoms with Crippen molar-refractivity contribution in [2.24, 2.45) is 0 Å². The number of para-hydroxylation sites is 1. The van der Waals surface area contributed by atoms with Crippen LogP contribution in [0.25, 0.3) is 11.0 Å². The SMILES string of the molecule is C[C@H](c1cc2ccccc2o1)N(C)C(=O)[C@@H]1CCCc2ccccc21. The molecule has 0 saturated carbocycles. The number of nitrogens with zero attached hydrogens (tertiary/aromatic N) is 1. The minimum Gasteiger partial charge on any atom is -0.459 e. The molecule has 0 N–H and O–H groups in total. The lowest BCUT2D eigenvalue weighted by Gasteiger charge is -2.31. The lowest BCUT2D eigenvalue weighted by atomic mass is 9.82. The van der Waals surface area contributed by atoms with Gasteiger partial charge in [0.05, 0.1) is 12.0 Å². The van der Waals surface area contributed by atoms with Crippen LogP contribution in [0.4, 0.5) is 0 Å². The summed E-state index contributed by atoms with van der Waals surface area (Å²) in [6, 6.07) is 18.3. The molecule has 4 rings (SSSR count). The van der Waals surface area contributed by atoms with Crippen molar-refractivity contribution in [1.29, 1.82) is 0 Å². The standard InChI is InChI=1S/C22H23NO2/c1-15(21-14-17-9-4-6-13-20(17)25-21)23(2)22(24)19-12-7-10-16-8-3-5-11-18(16)19/h3-6,8-9,11,13-15,19H,7,10,12H2,1-2H3/t15-,19-/m1/s1. The third-order valence-electron chi connectivity index (χ3n) is 5.45. The summed E-state index contributed by atoms with van der Waals surface area (Å²) >= 11 is 0. The highest BCUT2D eigenvalue weighted by molar-refractivity contribution is 5.85. The molecular formula is C22H23NO2. The summed E-state index contributed by atoms with van der Waals surface area (Å²) in [7, 11) is 1.89. The topological polar surface area (TPSA) is 33.5 Å². The van der Waals surface area contributed by atoms with Crippen LogP contribution in [0, 0.1) is 0 Å². The largest absolute Gasteiger partial charge is 0.459 e. The van der Waals surface area contributed by atoms with Gasteiger partial charge in [0.2, 0.25) is 5.91 Å². The van der Waals surface area contributed by atoms with Gasteiger partial charge >= 0.3 is 0 Å². The number of rotatable bonds is 3. The van der Waals surface area contributed by atoms with Crippen molar-refractivity contribution in [2.45, 2.75) is 38.1 Å². The molecule has 3 aromatic rings. The van der Waals surface area contributed by atoms with Crippen LogP contribution in [0.1, 0.15) is 48.6 Å². The van der Waals surface area contributed by atoms with Crippen LogP contribution in [0.2, 0.25) is 0 Å². The Morgan fingerprint density at radius 2 is 1.92 bits per heavy atom. The normalized spacial score (nSPS) is 17.9. The fourth-order valence-electron chi connectivity index (χ4n) is 3.85. The molecular weight excluding hydrogens is 310 g/mol. The number of likely N-dealkylation sites (N-methyl/N-ethyl adjacent to an activating group) is 1. The summed E-state index contributed by atoms with van der Waals surface area (Å²) in [6.45, 7) is 2.03. The number of furan rings is 1. The Hall–Kier alpha value is -2.55. The molecule has 0 unspecified atom stereocenters. The first-order chi connectivity index (χ1) is 12.1. The van der Waals surface area contributed by atoms with Crippen LogP contribution >= 0.6 is 0 Å². The lowest BCUT2D eigenvalue weighted by molar-refractivity contribution is -0.134. The second-order valence-corrected chi connectivity index (χ2v) is 6.96. The van der Waals surface area contributed by atoms with Gasteiger partial charge in [0.15, 0.2) is 0 Å². The molecule has 1 amide bonds. The molecule has 0 fully saturated rings. The monoisotopic (exact) mass is 333 g/mol. The third kappa shape index (κ3) is 2.84. The Morgan fingerprint density at radius 3 is 2.76 bits per heavy atom. The third-order valence-corrected chi connectivity index (χ3v) is 5.45. The molecule has 0 aliphatic heterocycles. The molecule has 1 aliphatic carbocycles. The second kappa shape index (κ2) is 6.40. The number of aryl methyl sites for hydroxylation is 1. The van der Waals surface area contributed by atoms with Crippen LogP contribution in [0.5, 0.6) is 0 Å². The first kappa shape index (κ1) is 15.9. The van der Waals surface area contributed by atoms with Crippen LogP contribution in [0.3, 0.4) is 0 Å². The van der Waals surface area contributed by atoms with Gasteiger partial charge in [-0.3, -0.25) is 4.79 Å². The second-order valence-electron chi connectivity index (χ2n) is 6.96. The molecule has 1 aromatic heterocycles. The highest BCUT2D eigenvalue weighted by Crippen LogP contribution is 2.35. The summed E-state index contributed by atoms with van der Waals surface area (Å²) < 4.78 is 5.96. The number of carbonyl (C=O) groups is 1. The van der Waals surface area contributed by atoms with E-state index in [4.69, 9.17) is 4.42 Å². The molecule has 128 valence electrons. The van der Waals surface area contributed by atoms with Gasteiger partial charge in [0.25, 0.3) is 0 Å². The summed E-state index contributed by atoms with van der Waals surface area (Å²) in [5.74, 6) is 0.975. The number of amides is 1. The highest BCUT2D eigenvalue weighted by atomic mass is 16.3. The van der Waals surface area contributed by atoms with Crippen LogP contribution in [-0.4, -0.2) is 17.9 Å². The Labute approximate surface area is 148 Å². The summed E-state index contributed by atoms with van der Waals surface area (Å²) in [5, 5.41) is 1.08. The molecule has 0 saturated heterocycles. The molecule has 3 heteroatoms. The van der Waals surface area contributed by atoms with Gasteiger partial charge in [0, 0.05) is 12.4 Å². The van der Waals surface area contributed by atoms with Crippen molar-refractivity contribution in [3.63, 3.8) is 0 Å². The zero-order chi connectivity index (χ0) is 17.4. The Bertz CT molecular complexity index is 878. The van der Waals surface area contributed by atoms with E-state index in [1.165, 1.54) is 11.1 Å². The van der Waals surface area contributed by atoms with Gasteiger partial charge in [-0.1, -0.05) is 42.5 Å². The zero-order valence-corrected chi connectivity index (χ0v) is 14.7. The summed E-state index contributed by atoms with van der Waals surface area (Å²) in [4.78, 5) is 15.0. The number of fused-ring (bicyclic) bond motifs is 2. The maximum atomic E-state index is 13.2. The van der Waals surface area contributed by atoms with E-state index in [-0.39, 0.29) is 17.9 Å². The minimum absolute atomic E-state index is 0.0400. The van der Waals surface area contributed by atoms with Crippen molar-refractivity contribution >= 4 is 16.9 Å². The summed E-state index contributed by atoms with van der Waals surface area (Å²) in [5.41, 5.74) is 3.38. The van der Waals surface area contributed by atoms with Gasteiger partial charge in [0.1, 0.15) is 11.3 Å². The average molecular weight is 333 g/mol. The Kier molecular flexibility index (Phi) is 4.08. The minimum atomic E-state index is -0.0889. The fourth-order valence-corrected chi connectivity index (χ4v) is 3.85. The van der Waals surface area contributed by atoms with E-state index < -0.39 is 0 Å². The van der Waals surface area contributed by atoms with Crippen molar-refractivity contribution in [3.8, 4) is 0 Å². The van der Waals surface area contributed by atoms with Crippen LogP contribution in [-0.2, 0) is 11.2 Å². The van der Waals surface area contributed by atoms with E-state index in [0.29, 0.717) is 0 Å². The van der Waals surface area contributed by atoms with E-state index in [1.807, 2.05) is 55.3 Å². The molecule has 0 bridgehead atoms. The van der Waals surface area contributed by atoms with Crippen molar-refractivity contribution < 1.29 is 9.21 Å². The van der Waals surface area contributed by atoms with Gasteiger partial charge < -0.3 is 9.32 Å². The fraction of sp³-hybridized carbons (Fsp3) is 0.318. The molecule has 1 heterocycles. The predicted octanol–water partition coefficient (Wildman–Crippen LogP) is 5.07. The predicted molar refractivity (Wildman–Crippen MR) is 99.5 cm³/mol. The molecule has 2 aromatic carbocycles. The molecule has 0 spiro atoms. The van der Waals surface area contributed by atoms with E-state index in [1.54, 1.807) is 0 Å². The first-order valence-corrected chi connectivity index (χ1v) is 8.98. The molecule has 0 radical (unpaired) electrons. The Morgan fingerprint density at radius 1 is 1.16 bits per heavy atom. The maximum absolute atomic E-state index is 13.2. The first-order valence-electron chi connectivity index (χ1n) is 8.98. The van der Waals surface area contributed by atoms with E-state index >= 15 is 0 Å². The van der Waals surface area contributed by atoms with E-state index in [0.717, 1.165) is 36.0 Å². The molecule has 3 nitrogen and oxygen atoms in total. The smallest absolute Gasteiger partial charge is 0.230 e. The molecule has 2 atom stereocenters. The summed E-state index contributed by atoms with van der Waals surface area (Å²) in [6.07, 6.45) is 3.07. The van der Waals surface area contributed by atoms with Crippen molar-refractivity contribution in [1.82, 2.24) is 4.90 Å².